The molecule has 0 saturated carbocycles. The molecule has 0 unspecified atom stereocenters. The van der Waals surface area contributed by atoms with Crippen molar-refractivity contribution in [1.82, 2.24) is 0 Å². The van der Waals surface area contributed by atoms with Crippen LogP contribution in [0.4, 0.5) is 11.4 Å². The summed E-state index contributed by atoms with van der Waals surface area (Å²) in [6, 6.07) is 15.1. The molecule has 3 aromatic carbocycles. The van der Waals surface area contributed by atoms with Crippen LogP contribution in [0.3, 0.4) is 0 Å². The van der Waals surface area contributed by atoms with E-state index in [1.807, 2.05) is 77.1 Å². The van der Waals surface area contributed by atoms with Crippen molar-refractivity contribution in [3.05, 3.63) is 87.5 Å². The average molecular weight is 499 g/mol. The lowest BCUT2D eigenvalue weighted by Gasteiger charge is -2.37. The first-order valence-corrected chi connectivity index (χ1v) is 12.1. The highest BCUT2D eigenvalue weighted by Gasteiger charge is 2.41. The number of nitrogens with zero attached hydrogens (tertiary/aromatic N) is 2. The Kier molecular flexibility index (Phi) is 5.88. The fourth-order valence-electron chi connectivity index (χ4n) is 4.28. The molecule has 182 valence electrons. The molecule has 2 heterocycles. The number of anilines is 2. The summed E-state index contributed by atoms with van der Waals surface area (Å²) in [6.45, 7) is 10.0. The molecule has 1 fully saturated rings. The van der Waals surface area contributed by atoms with E-state index in [-0.39, 0.29) is 17.5 Å². The van der Waals surface area contributed by atoms with Gasteiger partial charge < -0.3 is 9.47 Å². The zero-order valence-electron chi connectivity index (χ0n) is 20.8. The van der Waals surface area contributed by atoms with Crippen molar-refractivity contribution in [1.29, 1.82) is 0 Å². The van der Waals surface area contributed by atoms with E-state index in [2.05, 4.69) is 0 Å². The molecular formula is C29H26N2O4S. The Bertz CT molecular complexity index is 1420. The third-order valence-corrected chi connectivity index (χ3v) is 7.17. The molecule has 3 aromatic rings. The van der Waals surface area contributed by atoms with Gasteiger partial charge in [-0.1, -0.05) is 12.1 Å². The van der Waals surface area contributed by atoms with E-state index in [4.69, 9.17) is 21.7 Å². The summed E-state index contributed by atoms with van der Waals surface area (Å²) in [7, 11) is 0. The van der Waals surface area contributed by atoms with Crippen LogP contribution < -0.4 is 19.3 Å². The summed E-state index contributed by atoms with van der Waals surface area (Å²) >= 11 is 5.77. The van der Waals surface area contributed by atoms with Gasteiger partial charge >= 0.3 is 0 Å². The Labute approximate surface area is 215 Å². The SMILES string of the molecule is Cc1ccc(N2C(=O)C(=Cc3cc4c(cc3C)OCO4)C(=O)N(c3ccc(C)c(C)c3)C2=S)cc1C. The van der Waals surface area contributed by atoms with Crippen molar-refractivity contribution in [3.8, 4) is 11.5 Å². The summed E-state index contributed by atoms with van der Waals surface area (Å²) in [5, 5.41) is 0.121. The van der Waals surface area contributed by atoms with Crippen molar-refractivity contribution in [2.75, 3.05) is 16.6 Å². The molecule has 6 nitrogen and oxygen atoms in total. The minimum atomic E-state index is -0.467. The second kappa shape index (κ2) is 8.91. The van der Waals surface area contributed by atoms with Crippen molar-refractivity contribution < 1.29 is 19.1 Å². The van der Waals surface area contributed by atoms with E-state index in [0.29, 0.717) is 28.4 Å². The number of hydrogen-bond donors (Lipinski definition) is 0. The number of thiocarbonyl (C=S) groups is 1. The van der Waals surface area contributed by atoms with Crippen molar-refractivity contribution >= 4 is 46.6 Å². The lowest BCUT2D eigenvalue weighted by atomic mass is 10.0. The third kappa shape index (κ3) is 3.95. The molecule has 5 rings (SSSR count). The number of amides is 2. The minimum absolute atomic E-state index is 0.0158. The number of carbonyl (C=O) groups is 2. The van der Waals surface area contributed by atoms with E-state index in [9.17, 15) is 9.59 Å². The van der Waals surface area contributed by atoms with Crippen LogP contribution in [0.2, 0.25) is 0 Å². The maximum absolute atomic E-state index is 13.9. The van der Waals surface area contributed by atoms with Gasteiger partial charge in [-0.3, -0.25) is 19.4 Å². The van der Waals surface area contributed by atoms with E-state index in [1.165, 1.54) is 9.80 Å². The highest BCUT2D eigenvalue weighted by molar-refractivity contribution is 7.81. The zero-order valence-corrected chi connectivity index (χ0v) is 21.7. The van der Waals surface area contributed by atoms with Crippen LogP contribution in [0, 0.1) is 34.6 Å². The van der Waals surface area contributed by atoms with Gasteiger partial charge in [0.25, 0.3) is 11.8 Å². The van der Waals surface area contributed by atoms with E-state index in [1.54, 1.807) is 12.1 Å². The Morgan fingerprint density at radius 2 is 1.19 bits per heavy atom. The van der Waals surface area contributed by atoms with E-state index < -0.39 is 11.8 Å². The van der Waals surface area contributed by atoms with Crippen LogP contribution in [-0.2, 0) is 9.59 Å². The van der Waals surface area contributed by atoms with Crippen LogP contribution in [0.15, 0.2) is 54.1 Å². The number of hydrogen-bond acceptors (Lipinski definition) is 5. The molecule has 36 heavy (non-hydrogen) atoms. The summed E-state index contributed by atoms with van der Waals surface area (Å²) in [6.07, 6.45) is 1.62. The number of benzene rings is 3. The molecule has 0 radical (unpaired) electrons. The van der Waals surface area contributed by atoms with Gasteiger partial charge in [-0.25, -0.2) is 0 Å². The van der Waals surface area contributed by atoms with Gasteiger partial charge in [0, 0.05) is 0 Å². The molecule has 0 bridgehead atoms. The van der Waals surface area contributed by atoms with Gasteiger partial charge in [0.05, 0.1) is 11.4 Å². The lowest BCUT2D eigenvalue weighted by Crippen LogP contribution is -2.57. The number of fused-ring (bicyclic) bond motifs is 1. The summed E-state index contributed by atoms with van der Waals surface area (Å²) < 4.78 is 11.0. The molecule has 0 N–H and O–H groups in total. The summed E-state index contributed by atoms with van der Waals surface area (Å²) in [4.78, 5) is 30.6. The van der Waals surface area contributed by atoms with Gasteiger partial charge in [-0.2, -0.15) is 0 Å². The molecule has 2 amide bonds. The normalized spacial score (nSPS) is 15.1. The van der Waals surface area contributed by atoms with E-state index >= 15 is 0 Å². The van der Waals surface area contributed by atoms with Gasteiger partial charge in [0.15, 0.2) is 16.6 Å². The van der Waals surface area contributed by atoms with Crippen molar-refractivity contribution in [3.63, 3.8) is 0 Å². The topological polar surface area (TPSA) is 59.1 Å². The standard InChI is InChI=1S/C29H26N2O4S/c1-16-6-8-22(10-18(16)3)30-27(32)24(13-21-14-26-25(12-20(21)5)34-15-35-26)28(33)31(29(30)36)23-9-7-17(2)19(4)11-23/h6-14H,15H2,1-5H3. The smallest absolute Gasteiger partial charge is 0.270 e. The monoisotopic (exact) mass is 498 g/mol. The number of aryl methyl sites for hydroxylation is 5. The maximum atomic E-state index is 13.9. The minimum Gasteiger partial charge on any atom is -0.454 e. The molecule has 0 aliphatic carbocycles. The highest BCUT2D eigenvalue weighted by Crippen LogP contribution is 2.37. The second-order valence-electron chi connectivity index (χ2n) is 9.22. The second-order valence-corrected chi connectivity index (χ2v) is 9.59. The molecule has 0 spiro atoms. The molecule has 0 aromatic heterocycles. The van der Waals surface area contributed by atoms with Crippen LogP contribution in [0.1, 0.15) is 33.4 Å². The van der Waals surface area contributed by atoms with Gasteiger partial charge in [0.2, 0.25) is 6.79 Å². The fraction of sp³-hybridized carbons (Fsp3) is 0.207. The van der Waals surface area contributed by atoms with Gasteiger partial charge in [-0.15, -0.1) is 0 Å². The Balaban J connectivity index is 1.68. The Hall–Kier alpha value is -3.97. The summed E-state index contributed by atoms with van der Waals surface area (Å²) in [5.41, 5.74) is 7.04. The molecule has 2 aliphatic rings. The predicted molar refractivity (Wildman–Crippen MR) is 145 cm³/mol. The third-order valence-electron chi connectivity index (χ3n) is 6.81. The van der Waals surface area contributed by atoms with Crippen LogP contribution in [0.25, 0.3) is 6.08 Å². The van der Waals surface area contributed by atoms with Crippen LogP contribution in [0.5, 0.6) is 11.5 Å². The molecule has 1 saturated heterocycles. The van der Waals surface area contributed by atoms with Crippen LogP contribution >= 0.6 is 12.2 Å². The van der Waals surface area contributed by atoms with Crippen molar-refractivity contribution in [2.24, 2.45) is 0 Å². The Morgan fingerprint density at radius 1 is 0.694 bits per heavy atom. The molecular weight excluding hydrogens is 472 g/mol. The predicted octanol–water partition coefficient (Wildman–Crippen LogP) is 5.71. The maximum Gasteiger partial charge on any atom is 0.270 e. The lowest BCUT2D eigenvalue weighted by molar-refractivity contribution is -0.120. The zero-order chi connectivity index (χ0) is 25.7. The number of rotatable bonds is 3. The van der Waals surface area contributed by atoms with E-state index in [0.717, 1.165) is 27.8 Å². The highest BCUT2D eigenvalue weighted by atomic mass is 32.1. The van der Waals surface area contributed by atoms with Crippen LogP contribution in [-0.4, -0.2) is 23.7 Å². The van der Waals surface area contributed by atoms with Gasteiger partial charge in [0.1, 0.15) is 5.57 Å². The first kappa shape index (κ1) is 23.8. The van der Waals surface area contributed by atoms with Crippen molar-refractivity contribution in [2.45, 2.75) is 34.6 Å². The number of carbonyl (C=O) groups excluding carboxylic acids is 2. The molecule has 7 heteroatoms. The molecule has 0 atom stereocenters. The van der Waals surface area contributed by atoms with Gasteiger partial charge in [-0.05, 0) is 123 Å². The average Bonchev–Trinajstić information content (AvgIpc) is 3.28. The Morgan fingerprint density at radius 3 is 1.69 bits per heavy atom. The molecule has 2 aliphatic heterocycles. The number of ether oxygens (including phenoxy) is 2. The first-order chi connectivity index (χ1) is 17.2. The largest absolute Gasteiger partial charge is 0.454 e. The fourth-order valence-corrected chi connectivity index (χ4v) is 4.66. The first-order valence-electron chi connectivity index (χ1n) is 11.6. The quantitative estimate of drug-likeness (QED) is 0.263. The summed E-state index contributed by atoms with van der Waals surface area (Å²) in [5.74, 6) is 0.289.